The quantitative estimate of drug-likeness (QED) is 0.641. The van der Waals surface area contributed by atoms with Crippen molar-refractivity contribution in [2.24, 2.45) is 5.73 Å². The van der Waals surface area contributed by atoms with Crippen molar-refractivity contribution in [1.82, 2.24) is 0 Å². The average Bonchev–Trinajstić information content (AvgIpc) is 2.33. The number of carbonyl (C=O) groups is 2. The van der Waals surface area contributed by atoms with Crippen molar-refractivity contribution in [2.45, 2.75) is 19.9 Å². The smallest absolute Gasteiger partial charge is 0.332 e. The van der Waals surface area contributed by atoms with E-state index in [2.05, 4.69) is 10.1 Å². The first-order chi connectivity index (χ1) is 8.47. The number of nitrogens with one attached hydrogen (secondary N) is 1. The van der Waals surface area contributed by atoms with E-state index in [-0.39, 0.29) is 6.61 Å². The lowest BCUT2D eigenvalue weighted by Gasteiger charge is -2.13. The van der Waals surface area contributed by atoms with Crippen LogP contribution in [0.15, 0.2) is 18.2 Å². The number of carbonyl (C=O) groups excluding carboxylic acids is 2. The van der Waals surface area contributed by atoms with Crippen molar-refractivity contribution in [3.05, 3.63) is 28.8 Å². The second-order valence-electron chi connectivity index (χ2n) is 3.65. The molecule has 0 aliphatic heterocycles. The zero-order valence-corrected chi connectivity index (χ0v) is 11.0. The van der Waals surface area contributed by atoms with Gasteiger partial charge in [0.15, 0.2) is 6.04 Å². The van der Waals surface area contributed by atoms with Gasteiger partial charge in [-0.1, -0.05) is 23.7 Å². The molecule has 0 aliphatic rings. The molecule has 6 heteroatoms. The van der Waals surface area contributed by atoms with E-state index in [1.54, 1.807) is 32.0 Å². The Morgan fingerprint density at radius 3 is 2.72 bits per heavy atom. The van der Waals surface area contributed by atoms with Crippen LogP contribution in [0.25, 0.3) is 0 Å². The second-order valence-corrected chi connectivity index (χ2v) is 4.06. The van der Waals surface area contributed by atoms with Gasteiger partial charge in [0.25, 0.3) is 5.91 Å². The lowest BCUT2D eigenvalue weighted by Crippen LogP contribution is -2.43. The van der Waals surface area contributed by atoms with Gasteiger partial charge in [0.1, 0.15) is 0 Å². The van der Waals surface area contributed by atoms with E-state index in [9.17, 15) is 9.59 Å². The van der Waals surface area contributed by atoms with E-state index >= 15 is 0 Å². The van der Waals surface area contributed by atoms with Gasteiger partial charge in [-0.3, -0.25) is 4.79 Å². The molecule has 1 rings (SSSR count). The number of aryl methyl sites for hydroxylation is 1. The van der Waals surface area contributed by atoms with Crippen molar-refractivity contribution < 1.29 is 14.3 Å². The number of hydrogen-bond donors (Lipinski definition) is 2. The maximum absolute atomic E-state index is 11.7. The van der Waals surface area contributed by atoms with Crippen LogP contribution in [0, 0.1) is 6.92 Å². The Kier molecular flexibility index (Phi) is 5.12. The Hall–Kier alpha value is -1.59. The third kappa shape index (κ3) is 3.45. The summed E-state index contributed by atoms with van der Waals surface area (Å²) in [6.45, 7) is 3.60. The van der Waals surface area contributed by atoms with Crippen LogP contribution >= 0.6 is 11.6 Å². The number of amides is 1. The molecule has 3 N–H and O–H groups in total. The highest BCUT2D eigenvalue weighted by atomic mass is 35.5. The molecule has 0 aliphatic carbocycles. The first kappa shape index (κ1) is 14.5. The Labute approximate surface area is 110 Å². The van der Waals surface area contributed by atoms with Crippen LogP contribution in [0.3, 0.4) is 0 Å². The lowest BCUT2D eigenvalue weighted by molar-refractivity contribution is -0.146. The Morgan fingerprint density at radius 2 is 2.17 bits per heavy atom. The number of ether oxygens (including phenoxy) is 1. The third-order valence-electron chi connectivity index (χ3n) is 2.29. The van der Waals surface area contributed by atoms with Crippen LogP contribution in [-0.4, -0.2) is 24.5 Å². The minimum atomic E-state index is -1.36. The highest BCUT2D eigenvalue weighted by Gasteiger charge is 2.24. The van der Waals surface area contributed by atoms with E-state index < -0.39 is 17.9 Å². The van der Waals surface area contributed by atoms with Crippen molar-refractivity contribution in [1.29, 1.82) is 0 Å². The number of esters is 1. The predicted molar refractivity (Wildman–Crippen MR) is 69.4 cm³/mol. The van der Waals surface area contributed by atoms with E-state index in [1.165, 1.54) is 0 Å². The maximum atomic E-state index is 11.7. The predicted octanol–water partition coefficient (Wildman–Crippen LogP) is 1.48. The van der Waals surface area contributed by atoms with Gasteiger partial charge < -0.3 is 15.8 Å². The van der Waals surface area contributed by atoms with E-state index in [4.69, 9.17) is 17.3 Å². The number of hydrogen-bond acceptors (Lipinski definition) is 4. The highest BCUT2D eigenvalue weighted by Crippen LogP contribution is 2.25. The molecule has 5 nitrogen and oxygen atoms in total. The summed E-state index contributed by atoms with van der Waals surface area (Å²) in [4.78, 5) is 23.0. The number of halogens is 1. The fraction of sp³-hybridized carbons (Fsp3) is 0.333. The van der Waals surface area contributed by atoms with E-state index in [0.717, 1.165) is 5.56 Å². The molecule has 0 bridgehead atoms. The second kappa shape index (κ2) is 6.37. The summed E-state index contributed by atoms with van der Waals surface area (Å²) in [6.07, 6.45) is 0. The maximum Gasteiger partial charge on any atom is 0.332 e. The number of para-hydroxylation sites is 1. The van der Waals surface area contributed by atoms with Crippen LogP contribution in [0.1, 0.15) is 12.5 Å². The fourth-order valence-electron chi connectivity index (χ4n) is 1.33. The van der Waals surface area contributed by atoms with Gasteiger partial charge in [-0.05, 0) is 25.5 Å². The molecule has 1 amide bonds. The van der Waals surface area contributed by atoms with Gasteiger partial charge in [0.2, 0.25) is 0 Å². The van der Waals surface area contributed by atoms with E-state index in [0.29, 0.717) is 10.7 Å². The Bertz CT molecular complexity index is 442. The summed E-state index contributed by atoms with van der Waals surface area (Å²) in [6, 6.07) is 3.83. The molecule has 0 saturated carbocycles. The number of anilines is 1. The summed E-state index contributed by atoms with van der Waals surface area (Å²) < 4.78 is 4.67. The molecule has 0 spiro atoms. The van der Waals surface area contributed by atoms with Gasteiger partial charge in [-0.2, -0.15) is 0 Å². The monoisotopic (exact) mass is 270 g/mol. The topological polar surface area (TPSA) is 81.4 Å². The average molecular weight is 271 g/mol. The minimum Gasteiger partial charge on any atom is -0.464 e. The molecule has 1 unspecified atom stereocenters. The summed E-state index contributed by atoms with van der Waals surface area (Å²) in [7, 11) is 0. The molecule has 1 aromatic rings. The van der Waals surface area contributed by atoms with Crippen LogP contribution in [0.2, 0.25) is 5.02 Å². The zero-order chi connectivity index (χ0) is 13.7. The Balaban J connectivity index is 2.79. The standard InChI is InChI=1S/C12H15ClN2O3/c1-3-18-12(17)9(14)11(16)15-10-7(2)5-4-6-8(10)13/h4-6,9H,3,14H2,1-2H3,(H,15,16). The van der Waals surface area contributed by atoms with Gasteiger partial charge in [0, 0.05) is 0 Å². The highest BCUT2D eigenvalue weighted by molar-refractivity contribution is 6.34. The van der Waals surface area contributed by atoms with Crippen LogP contribution < -0.4 is 11.1 Å². The van der Waals surface area contributed by atoms with Crippen LogP contribution in [0.4, 0.5) is 5.69 Å². The van der Waals surface area contributed by atoms with Gasteiger partial charge in [-0.15, -0.1) is 0 Å². The largest absolute Gasteiger partial charge is 0.464 e. The molecule has 0 heterocycles. The molecule has 0 radical (unpaired) electrons. The summed E-state index contributed by atoms with van der Waals surface area (Å²) in [5.74, 6) is -1.41. The fourth-order valence-corrected chi connectivity index (χ4v) is 1.60. The van der Waals surface area contributed by atoms with Crippen molar-refractivity contribution in [3.8, 4) is 0 Å². The molecular weight excluding hydrogens is 256 g/mol. The van der Waals surface area contributed by atoms with Crippen molar-refractivity contribution >= 4 is 29.2 Å². The number of benzene rings is 1. The molecular formula is C12H15ClN2O3. The van der Waals surface area contributed by atoms with Gasteiger partial charge >= 0.3 is 5.97 Å². The van der Waals surface area contributed by atoms with Gasteiger partial charge in [-0.25, -0.2) is 4.79 Å². The molecule has 0 aromatic heterocycles. The minimum absolute atomic E-state index is 0.172. The van der Waals surface area contributed by atoms with Gasteiger partial charge in [0.05, 0.1) is 17.3 Å². The van der Waals surface area contributed by atoms with Crippen LogP contribution in [0.5, 0.6) is 0 Å². The van der Waals surface area contributed by atoms with Crippen molar-refractivity contribution in [3.63, 3.8) is 0 Å². The first-order valence-electron chi connectivity index (χ1n) is 5.45. The number of nitrogens with two attached hydrogens (primary N) is 1. The first-order valence-corrected chi connectivity index (χ1v) is 5.83. The van der Waals surface area contributed by atoms with Crippen molar-refractivity contribution in [2.75, 3.05) is 11.9 Å². The molecule has 1 aromatic carbocycles. The molecule has 0 saturated heterocycles. The lowest BCUT2D eigenvalue weighted by atomic mass is 10.2. The SMILES string of the molecule is CCOC(=O)C(N)C(=O)Nc1c(C)cccc1Cl. The van der Waals surface area contributed by atoms with Crippen LogP contribution in [-0.2, 0) is 14.3 Å². The summed E-state index contributed by atoms with van der Waals surface area (Å²) in [5, 5.41) is 2.91. The normalized spacial score (nSPS) is 11.8. The third-order valence-corrected chi connectivity index (χ3v) is 2.61. The molecule has 0 fully saturated rings. The molecule has 18 heavy (non-hydrogen) atoms. The molecule has 1 atom stereocenters. The Morgan fingerprint density at radius 1 is 1.50 bits per heavy atom. The zero-order valence-electron chi connectivity index (χ0n) is 10.2. The molecule has 98 valence electrons. The summed E-state index contributed by atoms with van der Waals surface area (Å²) >= 11 is 5.95. The summed E-state index contributed by atoms with van der Waals surface area (Å²) in [5.41, 5.74) is 6.70. The number of rotatable bonds is 4. The van der Waals surface area contributed by atoms with E-state index in [1.807, 2.05) is 0 Å².